The normalized spacial score (nSPS) is 14.7. The average molecular weight is 223 g/mol. The summed E-state index contributed by atoms with van der Waals surface area (Å²) in [7, 11) is 0. The molecule has 0 fully saturated rings. The zero-order chi connectivity index (χ0) is 11.8. The standard InChI is InChI=1S/C13H21NO2/c1-11(12-5-3-2-4-6-12)7-8-14-9-13(16)10-15/h2-6,11,13-16H,7-10H2,1H3/t11?,13-/m0/s1. The summed E-state index contributed by atoms with van der Waals surface area (Å²) in [5, 5.41) is 20.9. The lowest BCUT2D eigenvalue weighted by molar-refractivity contribution is 0.0944. The number of benzene rings is 1. The Hall–Kier alpha value is -0.900. The van der Waals surface area contributed by atoms with Crippen LogP contribution in [0.25, 0.3) is 0 Å². The summed E-state index contributed by atoms with van der Waals surface area (Å²) in [6.07, 6.45) is 0.384. The molecule has 90 valence electrons. The molecule has 3 nitrogen and oxygen atoms in total. The van der Waals surface area contributed by atoms with Crippen molar-refractivity contribution in [2.45, 2.75) is 25.4 Å². The van der Waals surface area contributed by atoms with E-state index in [-0.39, 0.29) is 6.61 Å². The van der Waals surface area contributed by atoms with Gasteiger partial charge in [-0.15, -0.1) is 0 Å². The average Bonchev–Trinajstić information content (AvgIpc) is 2.35. The van der Waals surface area contributed by atoms with Crippen molar-refractivity contribution in [3.05, 3.63) is 35.9 Å². The summed E-state index contributed by atoms with van der Waals surface area (Å²) in [6, 6.07) is 10.4. The third kappa shape index (κ3) is 4.75. The molecule has 3 heteroatoms. The molecular weight excluding hydrogens is 202 g/mol. The summed E-state index contributed by atoms with van der Waals surface area (Å²) >= 11 is 0. The van der Waals surface area contributed by atoms with Gasteiger partial charge in [-0.25, -0.2) is 0 Å². The molecule has 1 aromatic rings. The molecule has 1 rings (SSSR count). The topological polar surface area (TPSA) is 52.5 Å². The van der Waals surface area contributed by atoms with Gasteiger partial charge in [-0.2, -0.15) is 0 Å². The molecule has 0 aliphatic rings. The van der Waals surface area contributed by atoms with Gasteiger partial charge in [0.05, 0.1) is 12.7 Å². The van der Waals surface area contributed by atoms with Gasteiger partial charge in [-0.3, -0.25) is 0 Å². The monoisotopic (exact) mass is 223 g/mol. The Morgan fingerprint density at radius 1 is 1.25 bits per heavy atom. The summed E-state index contributed by atoms with van der Waals surface area (Å²) in [5.41, 5.74) is 1.34. The van der Waals surface area contributed by atoms with Crippen molar-refractivity contribution >= 4 is 0 Å². The van der Waals surface area contributed by atoms with Gasteiger partial charge < -0.3 is 15.5 Å². The maximum Gasteiger partial charge on any atom is 0.0894 e. The van der Waals surface area contributed by atoms with E-state index in [1.165, 1.54) is 5.56 Å². The van der Waals surface area contributed by atoms with Crippen LogP contribution in [0.4, 0.5) is 0 Å². The third-order valence-corrected chi connectivity index (χ3v) is 2.71. The molecule has 0 spiro atoms. The molecule has 0 bridgehead atoms. The van der Waals surface area contributed by atoms with Crippen LogP contribution in [0.3, 0.4) is 0 Å². The Bertz CT molecular complexity index is 277. The molecule has 0 radical (unpaired) electrons. The van der Waals surface area contributed by atoms with Gasteiger partial charge in [-0.1, -0.05) is 37.3 Å². The van der Waals surface area contributed by atoms with E-state index in [1.54, 1.807) is 0 Å². The van der Waals surface area contributed by atoms with Crippen LogP contribution in [0, 0.1) is 0 Å². The molecule has 0 aromatic heterocycles. The van der Waals surface area contributed by atoms with Gasteiger partial charge >= 0.3 is 0 Å². The highest BCUT2D eigenvalue weighted by Gasteiger charge is 2.05. The molecule has 1 aromatic carbocycles. The van der Waals surface area contributed by atoms with Crippen LogP contribution in [-0.4, -0.2) is 36.0 Å². The first-order chi connectivity index (χ1) is 7.74. The summed E-state index contributed by atoms with van der Waals surface area (Å²) < 4.78 is 0. The van der Waals surface area contributed by atoms with Crippen LogP contribution in [-0.2, 0) is 0 Å². The quantitative estimate of drug-likeness (QED) is 0.607. The van der Waals surface area contributed by atoms with Crippen LogP contribution in [0.5, 0.6) is 0 Å². The SMILES string of the molecule is CC(CCNC[C@H](O)CO)c1ccccc1. The highest BCUT2D eigenvalue weighted by molar-refractivity contribution is 5.18. The van der Waals surface area contributed by atoms with Crippen LogP contribution in [0.15, 0.2) is 30.3 Å². The van der Waals surface area contributed by atoms with Gasteiger partial charge in [0.25, 0.3) is 0 Å². The highest BCUT2D eigenvalue weighted by Crippen LogP contribution is 2.17. The number of nitrogens with one attached hydrogen (secondary N) is 1. The number of rotatable bonds is 7. The summed E-state index contributed by atoms with van der Waals surface area (Å²) in [5.74, 6) is 0.514. The van der Waals surface area contributed by atoms with E-state index < -0.39 is 6.10 Å². The van der Waals surface area contributed by atoms with E-state index in [9.17, 15) is 0 Å². The van der Waals surface area contributed by atoms with Crippen molar-refractivity contribution in [3.63, 3.8) is 0 Å². The lowest BCUT2D eigenvalue weighted by Gasteiger charge is -2.13. The minimum Gasteiger partial charge on any atom is -0.394 e. The largest absolute Gasteiger partial charge is 0.394 e. The summed E-state index contributed by atoms with van der Waals surface area (Å²) in [6.45, 7) is 3.33. The molecule has 2 atom stereocenters. The molecular formula is C13H21NO2. The van der Waals surface area contributed by atoms with Gasteiger partial charge in [0.1, 0.15) is 0 Å². The molecule has 0 saturated carbocycles. The van der Waals surface area contributed by atoms with Gasteiger partial charge in [-0.05, 0) is 24.4 Å². The predicted octanol–water partition coefficient (Wildman–Crippen LogP) is 1.12. The first-order valence-corrected chi connectivity index (χ1v) is 5.78. The second kappa shape index (κ2) is 7.39. The van der Waals surface area contributed by atoms with Crippen LogP contribution >= 0.6 is 0 Å². The maximum atomic E-state index is 9.13. The Balaban J connectivity index is 2.18. The zero-order valence-electron chi connectivity index (χ0n) is 9.76. The molecule has 0 aliphatic heterocycles. The zero-order valence-corrected chi connectivity index (χ0v) is 9.76. The maximum absolute atomic E-state index is 9.13. The molecule has 16 heavy (non-hydrogen) atoms. The Morgan fingerprint density at radius 2 is 1.94 bits per heavy atom. The minimum absolute atomic E-state index is 0.179. The molecule has 1 unspecified atom stereocenters. The second-order valence-electron chi connectivity index (χ2n) is 4.14. The Morgan fingerprint density at radius 3 is 2.56 bits per heavy atom. The highest BCUT2D eigenvalue weighted by atomic mass is 16.3. The van der Waals surface area contributed by atoms with E-state index in [4.69, 9.17) is 10.2 Å². The fraction of sp³-hybridized carbons (Fsp3) is 0.538. The number of hydrogen-bond acceptors (Lipinski definition) is 3. The van der Waals surface area contributed by atoms with E-state index in [0.29, 0.717) is 12.5 Å². The molecule has 0 heterocycles. The predicted molar refractivity (Wildman–Crippen MR) is 65.4 cm³/mol. The van der Waals surface area contributed by atoms with Crippen molar-refractivity contribution < 1.29 is 10.2 Å². The molecule has 0 amide bonds. The molecule has 3 N–H and O–H groups in total. The van der Waals surface area contributed by atoms with Gasteiger partial charge in [0, 0.05) is 6.54 Å². The number of aliphatic hydroxyl groups is 2. The van der Waals surface area contributed by atoms with E-state index in [0.717, 1.165) is 13.0 Å². The first kappa shape index (κ1) is 13.2. The lowest BCUT2D eigenvalue weighted by atomic mass is 9.98. The summed E-state index contributed by atoms with van der Waals surface area (Å²) in [4.78, 5) is 0. The minimum atomic E-state index is -0.646. The van der Waals surface area contributed by atoms with Crippen molar-refractivity contribution in [2.24, 2.45) is 0 Å². The van der Waals surface area contributed by atoms with Crippen LogP contribution in [0.1, 0.15) is 24.8 Å². The number of aliphatic hydroxyl groups excluding tert-OH is 2. The first-order valence-electron chi connectivity index (χ1n) is 5.78. The van der Waals surface area contributed by atoms with E-state index >= 15 is 0 Å². The lowest BCUT2D eigenvalue weighted by Crippen LogP contribution is -2.30. The smallest absolute Gasteiger partial charge is 0.0894 e. The van der Waals surface area contributed by atoms with Crippen LogP contribution in [0.2, 0.25) is 0 Å². The van der Waals surface area contributed by atoms with Gasteiger partial charge in [0.15, 0.2) is 0 Å². The third-order valence-electron chi connectivity index (χ3n) is 2.71. The van der Waals surface area contributed by atoms with Crippen molar-refractivity contribution in [1.82, 2.24) is 5.32 Å². The van der Waals surface area contributed by atoms with Crippen molar-refractivity contribution in [3.8, 4) is 0 Å². The van der Waals surface area contributed by atoms with E-state index in [1.807, 2.05) is 6.07 Å². The van der Waals surface area contributed by atoms with Gasteiger partial charge in [0.2, 0.25) is 0 Å². The molecule has 0 aliphatic carbocycles. The van der Waals surface area contributed by atoms with E-state index in [2.05, 4.69) is 36.5 Å². The van der Waals surface area contributed by atoms with Crippen molar-refractivity contribution in [1.29, 1.82) is 0 Å². The fourth-order valence-corrected chi connectivity index (χ4v) is 1.60. The van der Waals surface area contributed by atoms with Crippen LogP contribution < -0.4 is 5.32 Å². The Kier molecular flexibility index (Phi) is 6.08. The van der Waals surface area contributed by atoms with Crippen molar-refractivity contribution in [2.75, 3.05) is 19.7 Å². The number of hydrogen-bond donors (Lipinski definition) is 3. The molecule has 0 saturated heterocycles. The Labute approximate surface area is 97.1 Å². The fourth-order valence-electron chi connectivity index (χ4n) is 1.60. The second-order valence-corrected chi connectivity index (χ2v) is 4.14.